The van der Waals surface area contributed by atoms with E-state index < -0.39 is 5.41 Å². The molecule has 0 aliphatic heterocycles. The lowest BCUT2D eigenvalue weighted by atomic mass is 9.60. The maximum Gasteiger partial charge on any atom is 0.151 e. The van der Waals surface area contributed by atoms with Crippen LogP contribution in [0.2, 0.25) is 0 Å². The lowest BCUT2D eigenvalue weighted by Gasteiger charge is -2.40. The molecule has 1 fully saturated rings. The third-order valence-corrected chi connectivity index (χ3v) is 3.06. The van der Waals surface area contributed by atoms with Crippen molar-refractivity contribution in [1.82, 2.24) is 0 Å². The van der Waals surface area contributed by atoms with Gasteiger partial charge in [0.2, 0.25) is 0 Å². The van der Waals surface area contributed by atoms with Crippen molar-refractivity contribution in [2.24, 2.45) is 16.7 Å². The van der Waals surface area contributed by atoms with E-state index in [-0.39, 0.29) is 22.9 Å². The van der Waals surface area contributed by atoms with Crippen LogP contribution >= 0.6 is 0 Å². The van der Waals surface area contributed by atoms with Crippen LogP contribution in [0.5, 0.6) is 0 Å². The minimum absolute atomic E-state index is 0.0164. The summed E-state index contributed by atoms with van der Waals surface area (Å²) >= 11 is 0. The average Bonchev–Trinajstić information content (AvgIpc) is 1.98. The number of Topliss-reactive ketones (excluding diaryl/α,β-unsaturated/α-hetero) is 2. The van der Waals surface area contributed by atoms with E-state index in [0.29, 0.717) is 6.42 Å². The molecule has 2 nitrogen and oxygen atoms in total. The van der Waals surface area contributed by atoms with Crippen LogP contribution in [-0.2, 0) is 9.59 Å². The van der Waals surface area contributed by atoms with Gasteiger partial charge in [-0.25, -0.2) is 0 Å². The molecule has 13 heavy (non-hydrogen) atoms. The van der Waals surface area contributed by atoms with Crippen molar-refractivity contribution >= 4 is 11.6 Å². The molecule has 0 heterocycles. The van der Waals surface area contributed by atoms with Crippen LogP contribution in [-0.4, -0.2) is 11.6 Å². The normalized spacial score (nSPS) is 31.9. The molecule has 0 saturated heterocycles. The largest absolute Gasteiger partial charge is 0.298 e. The first-order chi connectivity index (χ1) is 5.69. The summed E-state index contributed by atoms with van der Waals surface area (Å²) in [5.41, 5.74) is -1.11. The highest BCUT2D eigenvalue weighted by molar-refractivity contribution is 6.11. The fourth-order valence-electron chi connectivity index (χ4n) is 2.52. The van der Waals surface area contributed by atoms with E-state index in [4.69, 9.17) is 0 Å². The highest BCUT2D eigenvalue weighted by atomic mass is 16.2. The van der Waals surface area contributed by atoms with Gasteiger partial charge in [0, 0.05) is 11.3 Å². The molecule has 0 spiro atoms. The highest BCUT2D eigenvalue weighted by Crippen LogP contribution is 2.42. The van der Waals surface area contributed by atoms with Crippen molar-refractivity contribution in [3.8, 4) is 0 Å². The maximum absolute atomic E-state index is 11.9. The third-order valence-electron chi connectivity index (χ3n) is 3.06. The molecule has 1 aliphatic carbocycles. The quantitative estimate of drug-likeness (QED) is 0.538. The van der Waals surface area contributed by atoms with Gasteiger partial charge in [0.1, 0.15) is 5.78 Å². The fourth-order valence-corrected chi connectivity index (χ4v) is 2.52. The fraction of sp³-hybridized carbons (Fsp3) is 0.818. The third kappa shape index (κ3) is 1.43. The molecular weight excluding hydrogens is 164 g/mol. The van der Waals surface area contributed by atoms with Crippen LogP contribution in [0.15, 0.2) is 0 Å². The van der Waals surface area contributed by atoms with E-state index in [1.807, 2.05) is 20.8 Å². The van der Waals surface area contributed by atoms with Gasteiger partial charge in [-0.2, -0.15) is 0 Å². The van der Waals surface area contributed by atoms with E-state index in [2.05, 4.69) is 0 Å². The maximum atomic E-state index is 11.9. The summed E-state index contributed by atoms with van der Waals surface area (Å²) in [6.07, 6.45) is 0.689. The van der Waals surface area contributed by atoms with Gasteiger partial charge in [-0.3, -0.25) is 9.59 Å². The van der Waals surface area contributed by atoms with Crippen LogP contribution in [0.25, 0.3) is 0 Å². The smallest absolute Gasteiger partial charge is 0.151 e. The van der Waals surface area contributed by atoms with E-state index >= 15 is 0 Å². The average molecular weight is 182 g/mol. The predicted molar refractivity (Wildman–Crippen MR) is 51.4 cm³/mol. The van der Waals surface area contributed by atoms with Crippen LogP contribution in [0.1, 0.15) is 41.0 Å². The molecule has 1 saturated carbocycles. The number of carbonyl (C=O) groups is 2. The van der Waals surface area contributed by atoms with E-state index in [1.165, 1.54) is 0 Å². The number of rotatable bonds is 0. The molecule has 0 N–H and O–H groups in total. The molecule has 0 aromatic rings. The Kier molecular flexibility index (Phi) is 2.13. The second kappa shape index (κ2) is 2.66. The Morgan fingerprint density at radius 2 is 1.62 bits per heavy atom. The molecule has 74 valence electrons. The number of ketones is 2. The van der Waals surface area contributed by atoms with Gasteiger partial charge in [-0.05, 0) is 20.3 Å². The molecule has 0 amide bonds. The van der Waals surface area contributed by atoms with Gasteiger partial charge in [0.25, 0.3) is 0 Å². The van der Waals surface area contributed by atoms with Crippen molar-refractivity contribution in [2.45, 2.75) is 41.0 Å². The summed E-state index contributed by atoms with van der Waals surface area (Å²) in [5.74, 6) is 0.197. The molecule has 0 aromatic heterocycles. The van der Waals surface area contributed by atoms with Gasteiger partial charge < -0.3 is 0 Å². The van der Waals surface area contributed by atoms with Gasteiger partial charge in [0.05, 0.1) is 5.41 Å². The predicted octanol–water partition coefficient (Wildman–Crippen LogP) is 2.22. The zero-order chi connectivity index (χ0) is 10.4. The highest BCUT2D eigenvalue weighted by Gasteiger charge is 2.50. The minimum atomic E-state index is -0.777. The van der Waals surface area contributed by atoms with Gasteiger partial charge in [-0.1, -0.05) is 20.8 Å². The first-order valence-electron chi connectivity index (χ1n) is 4.79. The van der Waals surface area contributed by atoms with Gasteiger partial charge >= 0.3 is 0 Å². The Morgan fingerprint density at radius 1 is 1.15 bits per heavy atom. The zero-order valence-electron chi connectivity index (χ0n) is 9.10. The topological polar surface area (TPSA) is 34.1 Å². The van der Waals surface area contributed by atoms with Gasteiger partial charge in [0.15, 0.2) is 5.78 Å². The molecule has 0 bridgehead atoms. The lowest BCUT2D eigenvalue weighted by molar-refractivity contribution is -0.152. The lowest BCUT2D eigenvalue weighted by Crippen LogP contribution is -2.50. The van der Waals surface area contributed by atoms with E-state index in [9.17, 15) is 9.59 Å². The zero-order valence-corrected chi connectivity index (χ0v) is 9.10. The second-order valence-corrected chi connectivity index (χ2v) is 5.31. The van der Waals surface area contributed by atoms with Crippen molar-refractivity contribution in [3.63, 3.8) is 0 Å². The Morgan fingerprint density at radius 3 is 2.08 bits per heavy atom. The summed E-state index contributed by atoms with van der Waals surface area (Å²) in [5, 5.41) is 0. The van der Waals surface area contributed by atoms with Crippen molar-refractivity contribution < 1.29 is 9.59 Å². The summed E-state index contributed by atoms with van der Waals surface area (Å²) in [6, 6.07) is 0. The van der Waals surface area contributed by atoms with Crippen LogP contribution in [0, 0.1) is 16.7 Å². The SMILES string of the molecule is CC1CC(C)(C)C(=O)C(C)(C)C1=O. The molecule has 0 aromatic carbocycles. The van der Waals surface area contributed by atoms with Crippen molar-refractivity contribution in [2.75, 3.05) is 0 Å². The van der Waals surface area contributed by atoms with Crippen LogP contribution < -0.4 is 0 Å². The number of hydrogen-bond acceptors (Lipinski definition) is 2. The molecule has 0 radical (unpaired) electrons. The first-order valence-corrected chi connectivity index (χ1v) is 4.79. The number of carbonyl (C=O) groups excluding carboxylic acids is 2. The van der Waals surface area contributed by atoms with Crippen molar-refractivity contribution in [3.05, 3.63) is 0 Å². The first kappa shape index (κ1) is 10.4. The Labute approximate surface area is 79.7 Å². The van der Waals surface area contributed by atoms with Crippen molar-refractivity contribution in [1.29, 1.82) is 0 Å². The second-order valence-electron chi connectivity index (χ2n) is 5.31. The Balaban J connectivity index is 3.11. The molecule has 1 unspecified atom stereocenters. The number of hydrogen-bond donors (Lipinski definition) is 0. The molecule has 2 heteroatoms. The summed E-state index contributed by atoms with van der Waals surface area (Å²) < 4.78 is 0. The summed E-state index contributed by atoms with van der Waals surface area (Å²) in [4.78, 5) is 23.6. The summed E-state index contributed by atoms with van der Waals surface area (Å²) in [7, 11) is 0. The summed E-state index contributed by atoms with van der Waals surface area (Å²) in [6.45, 7) is 9.27. The Bertz CT molecular complexity index is 261. The van der Waals surface area contributed by atoms with E-state index in [0.717, 1.165) is 0 Å². The van der Waals surface area contributed by atoms with Gasteiger partial charge in [-0.15, -0.1) is 0 Å². The monoisotopic (exact) mass is 182 g/mol. The molecule has 1 rings (SSSR count). The minimum Gasteiger partial charge on any atom is -0.298 e. The molecular formula is C11H18O2. The standard InChI is InChI=1S/C11H18O2/c1-7-6-10(2,3)9(13)11(4,5)8(7)12/h7H,6H2,1-5H3. The molecule has 1 atom stereocenters. The van der Waals surface area contributed by atoms with E-state index in [1.54, 1.807) is 13.8 Å². The van der Waals surface area contributed by atoms with Crippen LogP contribution in [0.3, 0.4) is 0 Å². The van der Waals surface area contributed by atoms with Crippen LogP contribution in [0.4, 0.5) is 0 Å². The Hall–Kier alpha value is -0.660. The molecule has 1 aliphatic rings.